The van der Waals surface area contributed by atoms with Crippen molar-refractivity contribution in [3.63, 3.8) is 0 Å². The van der Waals surface area contributed by atoms with Crippen molar-refractivity contribution in [2.24, 2.45) is 5.41 Å². The van der Waals surface area contributed by atoms with E-state index in [1.807, 2.05) is 6.07 Å². The molecule has 0 N–H and O–H groups in total. The van der Waals surface area contributed by atoms with E-state index in [9.17, 15) is 5.26 Å². The maximum Gasteiger partial charge on any atom is 0.117 e. The molecule has 0 bridgehead atoms. The van der Waals surface area contributed by atoms with E-state index < -0.39 is 0 Å². The Bertz CT molecular complexity index is 644. The summed E-state index contributed by atoms with van der Waals surface area (Å²) in [5, 5.41) is 12.6. The highest BCUT2D eigenvalue weighted by atomic mass is 32.2. The first kappa shape index (κ1) is 14.8. The van der Waals surface area contributed by atoms with Crippen molar-refractivity contribution >= 4 is 33.3 Å². The first-order chi connectivity index (χ1) is 10.3. The molecule has 6 heteroatoms. The van der Waals surface area contributed by atoms with Crippen molar-refractivity contribution in [2.75, 3.05) is 19.0 Å². The van der Waals surface area contributed by atoms with Gasteiger partial charge < -0.3 is 4.74 Å². The molecular formula is C15H17N3OS2. The molecule has 1 fully saturated rings. The number of aromatic nitrogens is 2. The molecule has 2 aromatic rings. The molecule has 0 radical (unpaired) electrons. The van der Waals surface area contributed by atoms with Crippen molar-refractivity contribution in [1.29, 1.82) is 5.26 Å². The molecular weight excluding hydrogens is 302 g/mol. The first-order valence-corrected chi connectivity index (χ1v) is 9.00. The van der Waals surface area contributed by atoms with Gasteiger partial charge in [-0.05, 0) is 42.9 Å². The highest BCUT2D eigenvalue weighted by Crippen LogP contribution is 2.36. The highest BCUT2D eigenvalue weighted by Gasteiger charge is 2.31. The Hall–Kier alpha value is -1.16. The summed E-state index contributed by atoms with van der Waals surface area (Å²) in [6, 6.07) is 4.55. The lowest BCUT2D eigenvalue weighted by Gasteiger charge is -2.30. The Morgan fingerprint density at radius 2 is 2.24 bits per heavy atom. The van der Waals surface area contributed by atoms with Gasteiger partial charge in [0.05, 0.1) is 21.7 Å². The van der Waals surface area contributed by atoms with Crippen LogP contribution in [0.4, 0.5) is 0 Å². The quantitative estimate of drug-likeness (QED) is 0.475. The first-order valence-electron chi connectivity index (χ1n) is 7.13. The summed E-state index contributed by atoms with van der Waals surface area (Å²) in [5.41, 5.74) is 0.860. The lowest BCUT2D eigenvalue weighted by Crippen LogP contribution is -2.28. The predicted octanol–water partition coefficient (Wildman–Crippen LogP) is 3.88. The van der Waals surface area contributed by atoms with Gasteiger partial charge in [-0.3, -0.25) is 0 Å². The number of hydrogen-bond acceptors (Lipinski definition) is 6. The van der Waals surface area contributed by atoms with Crippen molar-refractivity contribution in [2.45, 2.75) is 30.7 Å². The van der Waals surface area contributed by atoms with Gasteiger partial charge in [0.15, 0.2) is 0 Å². The van der Waals surface area contributed by atoms with E-state index in [4.69, 9.17) is 4.74 Å². The number of hydrogen-bond donors (Lipinski definition) is 0. The second-order valence-electron chi connectivity index (χ2n) is 5.27. The van der Waals surface area contributed by atoms with Crippen LogP contribution in [0.2, 0.25) is 0 Å². The number of thiophene rings is 1. The monoisotopic (exact) mass is 319 g/mol. The average molecular weight is 319 g/mol. The van der Waals surface area contributed by atoms with Crippen LogP contribution >= 0.6 is 23.1 Å². The molecule has 3 rings (SSSR count). The summed E-state index contributed by atoms with van der Waals surface area (Å²) in [4.78, 5) is 8.64. The van der Waals surface area contributed by atoms with Crippen LogP contribution in [0.5, 0.6) is 0 Å². The molecule has 110 valence electrons. The fourth-order valence-corrected chi connectivity index (χ4v) is 4.52. The average Bonchev–Trinajstić information content (AvgIpc) is 3.02. The van der Waals surface area contributed by atoms with Gasteiger partial charge >= 0.3 is 0 Å². The zero-order chi connectivity index (χ0) is 14.5. The van der Waals surface area contributed by atoms with Gasteiger partial charge in [0, 0.05) is 13.2 Å². The largest absolute Gasteiger partial charge is 0.381 e. The predicted molar refractivity (Wildman–Crippen MR) is 85.5 cm³/mol. The van der Waals surface area contributed by atoms with Gasteiger partial charge in [-0.15, -0.1) is 23.1 Å². The third kappa shape index (κ3) is 3.37. The van der Waals surface area contributed by atoms with Crippen LogP contribution in [-0.2, 0) is 4.74 Å². The maximum absolute atomic E-state index is 9.44. The van der Waals surface area contributed by atoms with E-state index in [0.29, 0.717) is 0 Å². The fraction of sp³-hybridized carbons (Fsp3) is 0.533. The van der Waals surface area contributed by atoms with Crippen LogP contribution in [0.3, 0.4) is 0 Å². The molecule has 2 aromatic heterocycles. The lowest BCUT2D eigenvalue weighted by atomic mass is 9.78. The van der Waals surface area contributed by atoms with Crippen molar-refractivity contribution in [1.82, 2.24) is 9.97 Å². The van der Waals surface area contributed by atoms with Crippen molar-refractivity contribution in [3.05, 3.63) is 17.8 Å². The molecule has 1 aliphatic heterocycles. The van der Waals surface area contributed by atoms with Gasteiger partial charge in [-0.25, -0.2) is 9.97 Å². The van der Waals surface area contributed by atoms with E-state index in [1.165, 1.54) is 4.70 Å². The second kappa shape index (κ2) is 6.73. The normalized spacial score (nSPS) is 17.7. The van der Waals surface area contributed by atoms with E-state index in [0.717, 1.165) is 55.2 Å². The van der Waals surface area contributed by atoms with E-state index in [2.05, 4.69) is 21.4 Å². The van der Waals surface area contributed by atoms with Crippen LogP contribution in [-0.4, -0.2) is 28.9 Å². The Balaban J connectivity index is 1.54. The lowest BCUT2D eigenvalue weighted by molar-refractivity contribution is 0.0368. The molecule has 0 atom stereocenters. The summed E-state index contributed by atoms with van der Waals surface area (Å²) in [6.45, 7) is 1.45. The van der Waals surface area contributed by atoms with Gasteiger partial charge in [0.1, 0.15) is 11.4 Å². The number of nitrogens with zero attached hydrogens (tertiary/aromatic N) is 3. The summed E-state index contributed by atoms with van der Waals surface area (Å²) in [7, 11) is 0. The maximum atomic E-state index is 9.44. The molecule has 3 heterocycles. The SMILES string of the molecule is N#CC1(CCCSc2ncnc3ccsc23)CCOCC1. The van der Waals surface area contributed by atoms with Crippen LogP contribution in [0, 0.1) is 16.7 Å². The summed E-state index contributed by atoms with van der Waals surface area (Å²) in [6.07, 6.45) is 5.37. The van der Waals surface area contributed by atoms with Crippen molar-refractivity contribution < 1.29 is 4.74 Å². The van der Waals surface area contributed by atoms with E-state index >= 15 is 0 Å². The van der Waals surface area contributed by atoms with Crippen LogP contribution in [0.15, 0.2) is 22.8 Å². The minimum atomic E-state index is -0.164. The highest BCUT2D eigenvalue weighted by molar-refractivity contribution is 7.99. The molecule has 1 saturated heterocycles. The van der Waals surface area contributed by atoms with Crippen LogP contribution in [0.1, 0.15) is 25.7 Å². The third-order valence-electron chi connectivity index (χ3n) is 3.94. The van der Waals surface area contributed by atoms with Crippen LogP contribution < -0.4 is 0 Å². The van der Waals surface area contributed by atoms with Crippen molar-refractivity contribution in [3.8, 4) is 6.07 Å². The molecule has 0 saturated carbocycles. The Morgan fingerprint density at radius 3 is 3.05 bits per heavy atom. The fourth-order valence-electron chi connectivity index (χ4n) is 2.63. The Kier molecular flexibility index (Phi) is 4.73. The minimum Gasteiger partial charge on any atom is -0.381 e. The van der Waals surface area contributed by atoms with E-state index in [-0.39, 0.29) is 5.41 Å². The molecule has 0 unspecified atom stereocenters. The molecule has 1 aliphatic rings. The number of nitriles is 1. The third-order valence-corrected chi connectivity index (χ3v) is 6.05. The van der Waals surface area contributed by atoms with E-state index in [1.54, 1.807) is 29.4 Å². The number of thioether (sulfide) groups is 1. The molecule has 0 amide bonds. The molecule has 21 heavy (non-hydrogen) atoms. The van der Waals surface area contributed by atoms with Crippen LogP contribution in [0.25, 0.3) is 10.2 Å². The molecule has 0 aromatic carbocycles. The van der Waals surface area contributed by atoms with Gasteiger partial charge in [0.25, 0.3) is 0 Å². The zero-order valence-electron chi connectivity index (χ0n) is 11.7. The summed E-state index contributed by atoms with van der Waals surface area (Å²) >= 11 is 3.46. The number of ether oxygens (including phenoxy) is 1. The molecule has 4 nitrogen and oxygen atoms in total. The Labute approximate surface area is 132 Å². The molecule has 0 aliphatic carbocycles. The second-order valence-corrected chi connectivity index (χ2v) is 7.27. The zero-order valence-corrected chi connectivity index (χ0v) is 13.4. The summed E-state index contributed by atoms with van der Waals surface area (Å²) in [5.74, 6) is 0.994. The smallest absolute Gasteiger partial charge is 0.117 e. The minimum absolute atomic E-state index is 0.164. The molecule has 0 spiro atoms. The van der Waals surface area contributed by atoms with Gasteiger partial charge in [-0.1, -0.05) is 0 Å². The van der Waals surface area contributed by atoms with Gasteiger partial charge in [0.2, 0.25) is 0 Å². The standard InChI is InChI=1S/C15H17N3OS2/c16-10-15(4-6-19-7-5-15)3-1-8-21-14-13-12(2-9-20-13)17-11-18-14/h2,9,11H,1,3-8H2. The number of fused-ring (bicyclic) bond motifs is 1. The summed E-state index contributed by atoms with van der Waals surface area (Å²) < 4.78 is 6.54. The Morgan fingerprint density at radius 1 is 1.38 bits per heavy atom. The number of rotatable bonds is 5. The topological polar surface area (TPSA) is 58.8 Å². The van der Waals surface area contributed by atoms with Gasteiger partial charge in [-0.2, -0.15) is 5.26 Å².